The van der Waals surface area contributed by atoms with Gasteiger partial charge in [-0.1, -0.05) is 0 Å². The Morgan fingerprint density at radius 2 is 2.23 bits per heavy atom. The summed E-state index contributed by atoms with van der Waals surface area (Å²) in [6.45, 7) is 2.10. The van der Waals surface area contributed by atoms with Gasteiger partial charge in [0, 0.05) is 6.92 Å². The van der Waals surface area contributed by atoms with Crippen LogP contribution in [0, 0.1) is 0 Å². The predicted molar refractivity (Wildman–Crippen MR) is 46.3 cm³/mol. The summed E-state index contributed by atoms with van der Waals surface area (Å²) in [5.74, 6) is -1.08. The van der Waals surface area contributed by atoms with Crippen LogP contribution in [0.3, 0.4) is 0 Å². The summed E-state index contributed by atoms with van der Waals surface area (Å²) >= 11 is 0. The maximum Gasteiger partial charge on any atom is 0.322 e. The van der Waals surface area contributed by atoms with E-state index in [1.54, 1.807) is 0 Å². The Morgan fingerprint density at radius 3 is 2.77 bits per heavy atom. The molecular weight excluding hydrogens is 172 g/mol. The van der Waals surface area contributed by atoms with Gasteiger partial charge < -0.3 is 15.7 Å². The van der Waals surface area contributed by atoms with Crippen LogP contribution in [0.25, 0.3) is 0 Å². The number of hydrogen-bond donors (Lipinski definition) is 3. The maximum absolute atomic E-state index is 10.7. The van der Waals surface area contributed by atoms with Crippen molar-refractivity contribution < 1.29 is 14.7 Å². The second-order valence-corrected chi connectivity index (χ2v) is 3.22. The quantitative estimate of drug-likeness (QED) is 0.534. The van der Waals surface area contributed by atoms with Crippen LogP contribution in [0.4, 0.5) is 0 Å². The van der Waals surface area contributed by atoms with Crippen molar-refractivity contribution in [3.8, 4) is 0 Å². The van der Waals surface area contributed by atoms with Gasteiger partial charge in [0.1, 0.15) is 6.04 Å². The van der Waals surface area contributed by atoms with Crippen LogP contribution in [-0.4, -0.2) is 35.6 Å². The van der Waals surface area contributed by atoms with Crippen molar-refractivity contribution in [1.82, 2.24) is 10.6 Å². The number of carboxylic acid groups (broad SMARTS) is 1. The lowest BCUT2D eigenvalue weighted by Gasteiger charge is -2.29. The van der Waals surface area contributed by atoms with E-state index in [2.05, 4.69) is 10.6 Å². The highest BCUT2D eigenvalue weighted by molar-refractivity contribution is 5.78. The fraction of sp³-hybridized carbons (Fsp3) is 0.750. The van der Waals surface area contributed by atoms with Crippen molar-refractivity contribution in [3.63, 3.8) is 0 Å². The summed E-state index contributed by atoms with van der Waals surface area (Å²) in [5, 5.41) is 14.3. The number of carboxylic acids is 1. The molecule has 0 bridgehead atoms. The van der Waals surface area contributed by atoms with E-state index in [4.69, 9.17) is 5.11 Å². The number of carbonyl (C=O) groups is 2. The first-order valence-electron chi connectivity index (χ1n) is 4.34. The minimum atomic E-state index is -0.904. The topological polar surface area (TPSA) is 78.4 Å². The molecule has 0 aromatic heterocycles. The van der Waals surface area contributed by atoms with Gasteiger partial charge >= 0.3 is 5.97 Å². The Labute approximate surface area is 76.5 Å². The molecule has 3 N–H and O–H groups in total. The number of piperidine rings is 1. The fourth-order valence-electron chi connectivity index (χ4n) is 1.56. The van der Waals surface area contributed by atoms with Crippen molar-refractivity contribution in [1.29, 1.82) is 0 Å². The summed E-state index contributed by atoms with van der Waals surface area (Å²) in [6.07, 6.45) is 1.62. The monoisotopic (exact) mass is 186 g/mol. The highest BCUT2D eigenvalue weighted by atomic mass is 16.4. The molecule has 0 aliphatic carbocycles. The molecule has 2 atom stereocenters. The standard InChI is InChI=1S/C8H14N2O3/c1-5(11)10-6-3-2-4-9-7(6)8(12)13/h6-7,9H,2-4H2,1H3,(H,10,11)(H,12,13)/t6-,7+/m1/s1. The molecule has 0 aromatic carbocycles. The van der Waals surface area contributed by atoms with E-state index in [-0.39, 0.29) is 11.9 Å². The number of carbonyl (C=O) groups excluding carboxylic acids is 1. The van der Waals surface area contributed by atoms with Crippen molar-refractivity contribution in [2.75, 3.05) is 6.54 Å². The van der Waals surface area contributed by atoms with Gasteiger partial charge in [0.05, 0.1) is 6.04 Å². The third-order valence-electron chi connectivity index (χ3n) is 2.11. The van der Waals surface area contributed by atoms with E-state index in [0.29, 0.717) is 6.54 Å². The predicted octanol–water partition coefficient (Wildman–Crippen LogP) is -0.672. The number of amides is 1. The van der Waals surface area contributed by atoms with Crippen LogP contribution < -0.4 is 10.6 Å². The van der Waals surface area contributed by atoms with E-state index < -0.39 is 12.0 Å². The minimum absolute atomic E-state index is 0.181. The summed E-state index contributed by atoms with van der Waals surface area (Å²) in [6, 6.07) is -0.915. The Bertz CT molecular complexity index is 217. The minimum Gasteiger partial charge on any atom is -0.480 e. The molecule has 74 valence electrons. The third-order valence-corrected chi connectivity index (χ3v) is 2.11. The maximum atomic E-state index is 10.7. The zero-order valence-corrected chi connectivity index (χ0v) is 7.54. The molecule has 1 aliphatic rings. The normalized spacial score (nSPS) is 28.1. The average Bonchev–Trinajstić information content (AvgIpc) is 2.03. The molecule has 1 fully saturated rings. The molecule has 1 heterocycles. The smallest absolute Gasteiger partial charge is 0.322 e. The molecule has 13 heavy (non-hydrogen) atoms. The van der Waals surface area contributed by atoms with Gasteiger partial charge in [-0.3, -0.25) is 9.59 Å². The lowest BCUT2D eigenvalue weighted by Crippen LogP contribution is -2.56. The van der Waals surface area contributed by atoms with Crippen LogP contribution in [0.15, 0.2) is 0 Å². The van der Waals surface area contributed by atoms with Gasteiger partial charge in [0.25, 0.3) is 0 Å². The van der Waals surface area contributed by atoms with E-state index in [0.717, 1.165) is 12.8 Å². The Kier molecular flexibility index (Phi) is 3.25. The Balaban J connectivity index is 2.56. The first-order valence-corrected chi connectivity index (χ1v) is 4.34. The molecule has 1 aliphatic heterocycles. The van der Waals surface area contributed by atoms with E-state index in [9.17, 15) is 9.59 Å². The largest absolute Gasteiger partial charge is 0.480 e. The van der Waals surface area contributed by atoms with Gasteiger partial charge in [-0.15, -0.1) is 0 Å². The number of hydrogen-bond acceptors (Lipinski definition) is 3. The van der Waals surface area contributed by atoms with E-state index >= 15 is 0 Å². The van der Waals surface area contributed by atoms with Crippen LogP contribution in [0.5, 0.6) is 0 Å². The van der Waals surface area contributed by atoms with Crippen LogP contribution in [0.1, 0.15) is 19.8 Å². The summed E-state index contributed by atoms with van der Waals surface area (Å²) in [5.41, 5.74) is 0. The summed E-state index contributed by atoms with van der Waals surface area (Å²) in [7, 11) is 0. The van der Waals surface area contributed by atoms with Gasteiger partial charge in [-0.25, -0.2) is 0 Å². The van der Waals surface area contributed by atoms with E-state index in [1.807, 2.05) is 0 Å². The molecule has 5 heteroatoms. The Morgan fingerprint density at radius 1 is 1.54 bits per heavy atom. The lowest BCUT2D eigenvalue weighted by atomic mass is 9.98. The average molecular weight is 186 g/mol. The second kappa shape index (κ2) is 4.23. The first kappa shape index (κ1) is 9.98. The highest BCUT2D eigenvalue weighted by Crippen LogP contribution is 2.08. The molecule has 1 saturated heterocycles. The summed E-state index contributed by atoms with van der Waals surface area (Å²) in [4.78, 5) is 21.5. The van der Waals surface area contributed by atoms with Crippen LogP contribution >= 0.6 is 0 Å². The second-order valence-electron chi connectivity index (χ2n) is 3.22. The highest BCUT2D eigenvalue weighted by Gasteiger charge is 2.30. The van der Waals surface area contributed by atoms with Crippen LogP contribution in [0.2, 0.25) is 0 Å². The fourth-order valence-corrected chi connectivity index (χ4v) is 1.56. The van der Waals surface area contributed by atoms with Gasteiger partial charge in [0.2, 0.25) is 5.91 Å². The number of rotatable bonds is 2. The Hall–Kier alpha value is -1.10. The van der Waals surface area contributed by atoms with Crippen LogP contribution in [-0.2, 0) is 9.59 Å². The molecule has 1 rings (SSSR count). The molecular formula is C8H14N2O3. The zero-order chi connectivity index (χ0) is 9.84. The lowest BCUT2D eigenvalue weighted by molar-refractivity contribution is -0.141. The van der Waals surface area contributed by atoms with Gasteiger partial charge in [-0.05, 0) is 19.4 Å². The third kappa shape index (κ3) is 2.69. The van der Waals surface area contributed by atoms with Gasteiger partial charge in [-0.2, -0.15) is 0 Å². The number of nitrogens with one attached hydrogen (secondary N) is 2. The van der Waals surface area contributed by atoms with Crippen molar-refractivity contribution in [2.24, 2.45) is 0 Å². The molecule has 0 saturated carbocycles. The zero-order valence-electron chi connectivity index (χ0n) is 7.54. The van der Waals surface area contributed by atoms with Crippen molar-refractivity contribution in [2.45, 2.75) is 31.8 Å². The molecule has 1 amide bonds. The SMILES string of the molecule is CC(=O)N[C@@H]1CCCN[C@@H]1C(=O)O. The molecule has 0 aromatic rings. The van der Waals surface area contributed by atoms with Crippen molar-refractivity contribution >= 4 is 11.9 Å². The molecule has 0 unspecified atom stereocenters. The van der Waals surface area contributed by atoms with Crippen molar-refractivity contribution in [3.05, 3.63) is 0 Å². The number of aliphatic carboxylic acids is 1. The first-order chi connectivity index (χ1) is 6.11. The van der Waals surface area contributed by atoms with E-state index in [1.165, 1.54) is 6.92 Å². The van der Waals surface area contributed by atoms with Gasteiger partial charge in [0.15, 0.2) is 0 Å². The molecule has 0 radical (unpaired) electrons. The molecule has 0 spiro atoms. The molecule has 5 nitrogen and oxygen atoms in total. The summed E-state index contributed by atoms with van der Waals surface area (Å²) < 4.78 is 0.